The molecule has 110 valence electrons. The van der Waals surface area contributed by atoms with E-state index in [9.17, 15) is 4.79 Å². The topological polar surface area (TPSA) is 50.4 Å². The maximum atomic E-state index is 11.3. The van der Waals surface area contributed by atoms with Crippen molar-refractivity contribution in [3.8, 4) is 0 Å². The van der Waals surface area contributed by atoms with Gasteiger partial charge < -0.3 is 10.1 Å². The first-order chi connectivity index (χ1) is 10.1. The second kappa shape index (κ2) is 7.13. The van der Waals surface area contributed by atoms with Crippen LogP contribution in [-0.4, -0.2) is 12.7 Å². The minimum Gasteiger partial charge on any atom is -0.450 e. The van der Waals surface area contributed by atoms with E-state index in [1.807, 2.05) is 43.3 Å². The summed E-state index contributed by atoms with van der Waals surface area (Å²) in [6.07, 6.45) is -0.445. The summed E-state index contributed by atoms with van der Waals surface area (Å²) in [6, 6.07) is 13.6. The quantitative estimate of drug-likeness (QED) is 0.810. The summed E-state index contributed by atoms with van der Waals surface area (Å²) in [5, 5.41) is 5.97. The molecule has 0 fully saturated rings. The van der Waals surface area contributed by atoms with Crippen molar-refractivity contribution >= 4 is 39.1 Å². The van der Waals surface area contributed by atoms with E-state index in [-0.39, 0.29) is 0 Å². The van der Waals surface area contributed by atoms with Crippen molar-refractivity contribution in [3.63, 3.8) is 0 Å². The van der Waals surface area contributed by atoms with Crippen LogP contribution in [0.2, 0.25) is 0 Å². The second-order valence-electron chi connectivity index (χ2n) is 4.53. The van der Waals surface area contributed by atoms with Crippen molar-refractivity contribution in [1.82, 2.24) is 0 Å². The first kappa shape index (κ1) is 15.4. The van der Waals surface area contributed by atoms with E-state index in [0.717, 1.165) is 15.8 Å². The van der Waals surface area contributed by atoms with Crippen LogP contribution in [0.25, 0.3) is 0 Å². The van der Waals surface area contributed by atoms with Crippen molar-refractivity contribution < 1.29 is 9.53 Å². The Morgan fingerprint density at radius 2 is 1.81 bits per heavy atom. The number of carbonyl (C=O) groups is 1. The highest BCUT2D eigenvalue weighted by atomic mass is 79.9. The summed E-state index contributed by atoms with van der Waals surface area (Å²) in [5.41, 5.74) is 3.82. The van der Waals surface area contributed by atoms with Gasteiger partial charge in [0.05, 0.1) is 12.3 Å². The van der Waals surface area contributed by atoms with Crippen LogP contribution in [0.5, 0.6) is 0 Å². The third-order valence-corrected chi connectivity index (χ3v) is 3.47. The van der Waals surface area contributed by atoms with Gasteiger partial charge in [0.2, 0.25) is 0 Å². The third kappa shape index (κ3) is 4.49. The van der Waals surface area contributed by atoms with Crippen LogP contribution in [0.15, 0.2) is 46.9 Å². The number of anilines is 3. The van der Waals surface area contributed by atoms with E-state index in [2.05, 4.69) is 32.6 Å². The van der Waals surface area contributed by atoms with Crippen molar-refractivity contribution in [2.24, 2.45) is 0 Å². The Morgan fingerprint density at radius 3 is 2.43 bits per heavy atom. The normalized spacial score (nSPS) is 10.0. The van der Waals surface area contributed by atoms with Crippen LogP contribution in [0.3, 0.4) is 0 Å². The zero-order valence-corrected chi connectivity index (χ0v) is 13.5. The van der Waals surface area contributed by atoms with E-state index in [1.54, 1.807) is 6.92 Å². The molecule has 0 bridgehead atoms. The van der Waals surface area contributed by atoms with E-state index in [1.165, 1.54) is 5.56 Å². The van der Waals surface area contributed by atoms with Crippen LogP contribution in [0.4, 0.5) is 21.9 Å². The first-order valence-corrected chi connectivity index (χ1v) is 7.45. The van der Waals surface area contributed by atoms with Crippen molar-refractivity contribution in [3.05, 3.63) is 52.5 Å². The molecule has 0 spiro atoms. The Labute approximate surface area is 132 Å². The Hall–Kier alpha value is -2.01. The number of hydrogen-bond acceptors (Lipinski definition) is 3. The standard InChI is InChI=1S/C16H17BrN2O2/c1-3-21-16(20)19-13-7-5-12(6-8-13)18-15-9-4-11(2)10-14(15)17/h4-10,18H,3H2,1-2H3,(H,19,20). The fourth-order valence-corrected chi connectivity index (χ4v) is 2.39. The Kier molecular flexibility index (Phi) is 5.22. The lowest BCUT2D eigenvalue weighted by atomic mass is 10.2. The molecule has 21 heavy (non-hydrogen) atoms. The number of nitrogens with one attached hydrogen (secondary N) is 2. The highest BCUT2D eigenvalue weighted by Crippen LogP contribution is 2.27. The summed E-state index contributed by atoms with van der Waals surface area (Å²) < 4.78 is 5.84. The molecule has 2 N–H and O–H groups in total. The molecule has 5 heteroatoms. The number of amides is 1. The van der Waals surface area contributed by atoms with Gasteiger partial charge >= 0.3 is 6.09 Å². The van der Waals surface area contributed by atoms with Gasteiger partial charge in [-0.2, -0.15) is 0 Å². The number of ether oxygens (including phenoxy) is 1. The number of halogens is 1. The smallest absolute Gasteiger partial charge is 0.411 e. The monoisotopic (exact) mass is 348 g/mol. The minimum atomic E-state index is -0.445. The molecular weight excluding hydrogens is 332 g/mol. The average molecular weight is 349 g/mol. The number of rotatable bonds is 4. The van der Waals surface area contributed by atoms with Crippen LogP contribution >= 0.6 is 15.9 Å². The van der Waals surface area contributed by atoms with Crippen LogP contribution < -0.4 is 10.6 Å². The molecule has 1 amide bonds. The Bertz CT molecular complexity index is 627. The lowest BCUT2D eigenvalue weighted by Gasteiger charge is -2.10. The predicted molar refractivity (Wildman–Crippen MR) is 89.2 cm³/mol. The van der Waals surface area contributed by atoms with Gasteiger partial charge in [-0.05, 0) is 71.7 Å². The minimum absolute atomic E-state index is 0.354. The average Bonchev–Trinajstić information content (AvgIpc) is 2.44. The van der Waals surface area contributed by atoms with E-state index in [0.29, 0.717) is 12.3 Å². The molecule has 0 aliphatic carbocycles. The zero-order valence-electron chi connectivity index (χ0n) is 11.9. The fourth-order valence-electron chi connectivity index (χ4n) is 1.80. The molecule has 0 radical (unpaired) electrons. The van der Waals surface area contributed by atoms with Gasteiger partial charge in [0.1, 0.15) is 0 Å². The first-order valence-electron chi connectivity index (χ1n) is 6.65. The van der Waals surface area contributed by atoms with Crippen molar-refractivity contribution in [2.45, 2.75) is 13.8 Å². The molecule has 2 aromatic carbocycles. The van der Waals surface area contributed by atoms with Gasteiger partial charge in [0.25, 0.3) is 0 Å². The molecule has 0 aliphatic rings. The largest absolute Gasteiger partial charge is 0.450 e. The van der Waals surface area contributed by atoms with E-state index >= 15 is 0 Å². The predicted octanol–water partition coefficient (Wildman–Crippen LogP) is 5.07. The molecule has 0 saturated heterocycles. The molecule has 0 aromatic heterocycles. The molecule has 2 aromatic rings. The summed E-state index contributed by atoms with van der Waals surface area (Å²) in [6.45, 7) is 4.17. The van der Waals surface area contributed by atoms with Gasteiger partial charge in [-0.15, -0.1) is 0 Å². The SMILES string of the molecule is CCOC(=O)Nc1ccc(Nc2ccc(C)cc2Br)cc1. The lowest BCUT2D eigenvalue weighted by Crippen LogP contribution is -2.13. The summed E-state index contributed by atoms with van der Waals surface area (Å²) in [4.78, 5) is 11.3. The number of hydrogen-bond donors (Lipinski definition) is 2. The van der Waals surface area contributed by atoms with Gasteiger partial charge in [-0.25, -0.2) is 4.79 Å². The molecule has 0 atom stereocenters. The van der Waals surface area contributed by atoms with Crippen LogP contribution in [-0.2, 0) is 4.74 Å². The van der Waals surface area contributed by atoms with Gasteiger partial charge in [0.15, 0.2) is 0 Å². The second-order valence-corrected chi connectivity index (χ2v) is 5.39. The number of aryl methyl sites for hydroxylation is 1. The molecule has 0 unspecified atom stereocenters. The summed E-state index contributed by atoms with van der Waals surface area (Å²) in [7, 11) is 0. The molecule has 0 saturated carbocycles. The lowest BCUT2D eigenvalue weighted by molar-refractivity contribution is 0.168. The number of benzene rings is 2. The molecule has 4 nitrogen and oxygen atoms in total. The maximum absolute atomic E-state index is 11.3. The zero-order chi connectivity index (χ0) is 15.2. The Morgan fingerprint density at radius 1 is 1.14 bits per heavy atom. The van der Waals surface area contributed by atoms with Gasteiger partial charge in [0, 0.05) is 15.8 Å². The fraction of sp³-hybridized carbons (Fsp3) is 0.188. The van der Waals surface area contributed by atoms with Crippen LogP contribution in [0.1, 0.15) is 12.5 Å². The van der Waals surface area contributed by atoms with Crippen molar-refractivity contribution in [1.29, 1.82) is 0 Å². The molecular formula is C16H17BrN2O2. The molecule has 0 aliphatic heterocycles. The van der Waals surface area contributed by atoms with E-state index in [4.69, 9.17) is 4.74 Å². The molecule has 0 heterocycles. The summed E-state index contributed by atoms with van der Waals surface area (Å²) >= 11 is 3.53. The highest BCUT2D eigenvalue weighted by Gasteiger charge is 2.03. The third-order valence-electron chi connectivity index (χ3n) is 2.81. The highest BCUT2D eigenvalue weighted by molar-refractivity contribution is 9.10. The van der Waals surface area contributed by atoms with Crippen LogP contribution in [0, 0.1) is 6.92 Å². The van der Waals surface area contributed by atoms with Gasteiger partial charge in [-0.1, -0.05) is 6.07 Å². The number of carbonyl (C=O) groups excluding carboxylic acids is 1. The Balaban J connectivity index is 2.03. The summed E-state index contributed by atoms with van der Waals surface area (Å²) in [5.74, 6) is 0. The van der Waals surface area contributed by atoms with E-state index < -0.39 is 6.09 Å². The van der Waals surface area contributed by atoms with Crippen molar-refractivity contribution in [2.75, 3.05) is 17.2 Å². The molecule has 2 rings (SSSR count). The maximum Gasteiger partial charge on any atom is 0.411 e. The van der Waals surface area contributed by atoms with Gasteiger partial charge in [-0.3, -0.25) is 5.32 Å².